The predicted molar refractivity (Wildman–Crippen MR) is 73.9 cm³/mol. The van der Waals surface area contributed by atoms with E-state index in [1.165, 1.54) is 0 Å². The van der Waals surface area contributed by atoms with Gasteiger partial charge in [0.15, 0.2) is 0 Å². The lowest BCUT2D eigenvalue weighted by atomic mass is 9.76. The minimum atomic E-state index is -0.766. The molecule has 0 spiro atoms. The van der Waals surface area contributed by atoms with E-state index in [9.17, 15) is 14.7 Å². The summed E-state index contributed by atoms with van der Waals surface area (Å²) >= 11 is 0. The lowest BCUT2D eigenvalue weighted by Crippen LogP contribution is -2.58. The molecular formula is C15H24N2O3. The van der Waals surface area contributed by atoms with Crippen molar-refractivity contribution in [2.45, 2.75) is 69.5 Å². The maximum atomic E-state index is 12.9. The van der Waals surface area contributed by atoms with Gasteiger partial charge in [0.1, 0.15) is 0 Å². The minimum Gasteiger partial charge on any atom is -0.481 e. The molecule has 5 heteroatoms. The van der Waals surface area contributed by atoms with Crippen LogP contribution in [0.5, 0.6) is 0 Å². The summed E-state index contributed by atoms with van der Waals surface area (Å²) in [5.74, 6) is -0.658. The number of nitrogens with two attached hydrogens (primary N) is 1. The van der Waals surface area contributed by atoms with Gasteiger partial charge in [0.05, 0.1) is 11.5 Å². The van der Waals surface area contributed by atoms with E-state index in [-0.39, 0.29) is 23.9 Å². The van der Waals surface area contributed by atoms with E-state index in [1.807, 2.05) is 4.90 Å². The fourth-order valence-corrected chi connectivity index (χ4v) is 4.61. The fraction of sp³-hybridized carbons (Fsp3) is 0.867. The molecule has 3 rings (SSSR count). The number of rotatable bonds is 2. The molecule has 2 saturated heterocycles. The highest BCUT2D eigenvalue weighted by Crippen LogP contribution is 2.44. The van der Waals surface area contributed by atoms with Crippen molar-refractivity contribution >= 4 is 11.9 Å². The highest BCUT2D eigenvalue weighted by molar-refractivity contribution is 5.88. The summed E-state index contributed by atoms with van der Waals surface area (Å²) in [5, 5.41) is 9.28. The molecule has 0 radical (unpaired) electrons. The molecule has 3 fully saturated rings. The van der Waals surface area contributed by atoms with Gasteiger partial charge >= 0.3 is 5.97 Å². The first-order valence-electron chi connectivity index (χ1n) is 7.77. The first-order chi connectivity index (χ1) is 9.42. The Morgan fingerprint density at radius 1 is 1.30 bits per heavy atom. The van der Waals surface area contributed by atoms with E-state index in [2.05, 4.69) is 6.92 Å². The zero-order valence-electron chi connectivity index (χ0n) is 12.0. The van der Waals surface area contributed by atoms with Crippen LogP contribution in [0.3, 0.4) is 0 Å². The van der Waals surface area contributed by atoms with Gasteiger partial charge in [0.25, 0.3) is 0 Å². The molecule has 1 amide bonds. The molecule has 112 valence electrons. The Hall–Kier alpha value is -1.10. The van der Waals surface area contributed by atoms with Crippen molar-refractivity contribution in [3.8, 4) is 0 Å². The monoisotopic (exact) mass is 280 g/mol. The van der Waals surface area contributed by atoms with Crippen molar-refractivity contribution in [3.05, 3.63) is 0 Å². The zero-order chi connectivity index (χ0) is 14.5. The summed E-state index contributed by atoms with van der Waals surface area (Å²) in [4.78, 5) is 26.0. The average molecular weight is 280 g/mol. The highest BCUT2D eigenvalue weighted by Gasteiger charge is 2.54. The van der Waals surface area contributed by atoms with Crippen molar-refractivity contribution in [2.75, 3.05) is 0 Å². The van der Waals surface area contributed by atoms with Gasteiger partial charge in [-0.2, -0.15) is 0 Å². The number of fused-ring (bicyclic) bond motifs is 2. The Labute approximate surface area is 119 Å². The number of carbonyl (C=O) groups excluding carboxylic acids is 1. The van der Waals surface area contributed by atoms with Crippen molar-refractivity contribution in [1.29, 1.82) is 0 Å². The van der Waals surface area contributed by atoms with E-state index >= 15 is 0 Å². The Morgan fingerprint density at radius 2 is 2.05 bits per heavy atom. The third kappa shape index (κ3) is 2.03. The first-order valence-corrected chi connectivity index (χ1v) is 7.77. The van der Waals surface area contributed by atoms with Gasteiger partial charge in [-0.15, -0.1) is 0 Å². The van der Waals surface area contributed by atoms with Gasteiger partial charge in [-0.25, -0.2) is 0 Å². The van der Waals surface area contributed by atoms with Crippen LogP contribution in [0.4, 0.5) is 0 Å². The smallest absolute Gasteiger partial charge is 0.308 e. The van der Waals surface area contributed by atoms with E-state index in [0.717, 1.165) is 38.5 Å². The lowest BCUT2D eigenvalue weighted by molar-refractivity contribution is -0.144. The molecule has 2 bridgehead atoms. The largest absolute Gasteiger partial charge is 0.481 e. The van der Waals surface area contributed by atoms with Crippen LogP contribution in [0.1, 0.15) is 51.9 Å². The van der Waals surface area contributed by atoms with Crippen molar-refractivity contribution in [2.24, 2.45) is 17.6 Å². The number of hydrogen-bond donors (Lipinski definition) is 2. The van der Waals surface area contributed by atoms with Crippen LogP contribution in [0.15, 0.2) is 0 Å². The molecule has 2 heterocycles. The second-order valence-electron chi connectivity index (χ2n) is 7.05. The second-order valence-corrected chi connectivity index (χ2v) is 7.05. The molecule has 5 unspecified atom stereocenters. The quantitative estimate of drug-likeness (QED) is 0.800. The van der Waals surface area contributed by atoms with E-state index in [4.69, 9.17) is 5.73 Å². The van der Waals surface area contributed by atoms with Gasteiger partial charge in [0.2, 0.25) is 5.91 Å². The van der Waals surface area contributed by atoms with Crippen molar-refractivity contribution in [1.82, 2.24) is 4.90 Å². The number of carbonyl (C=O) groups is 2. The summed E-state index contributed by atoms with van der Waals surface area (Å²) in [6, 6.07) is -0.0195. The van der Waals surface area contributed by atoms with Gasteiger partial charge in [-0.05, 0) is 38.0 Å². The number of carboxylic acid groups (broad SMARTS) is 1. The topological polar surface area (TPSA) is 83.6 Å². The molecule has 20 heavy (non-hydrogen) atoms. The Bertz CT molecular complexity index is 439. The third-order valence-corrected chi connectivity index (χ3v) is 5.55. The molecular weight excluding hydrogens is 256 g/mol. The standard InChI is InChI=1S/C15H24N2O3/c1-9-3-2-6-15(16,8-9)14(20)17-10-4-5-12(17)11(7-10)13(18)19/h9-12H,2-8,16H2,1H3,(H,18,19). The maximum Gasteiger partial charge on any atom is 0.308 e. The number of amides is 1. The summed E-state index contributed by atoms with van der Waals surface area (Å²) in [5.41, 5.74) is 5.65. The van der Waals surface area contributed by atoms with Crippen LogP contribution in [0, 0.1) is 11.8 Å². The zero-order valence-corrected chi connectivity index (χ0v) is 12.0. The SMILES string of the molecule is CC1CCCC(N)(C(=O)N2C3CCC2C(C(=O)O)C3)C1. The van der Waals surface area contributed by atoms with Gasteiger partial charge in [-0.3, -0.25) is 9.59 Å². The second kappa shape index (κ2) is 4.72. The summed E-state index contributed by atoms with van der Waals surface area (Å²) in [6.45, 7) is 2.15. The van der Waals surface area contributed by atoms with Gasteiger partial charge in [0, 0.05) is 12.1 Å². The highest BCUT2D eigenvalue weighted by atomic mass is 16.4. The van der Waals surface area contributed by atoms with Gasteiger partial charge < -0.3 is 15.7 Å². The first kappa shape index (κ1) is 13.9. The molecule has 5 atom stereocenters. The molecule has 3 aliphatic rings. The molecule has 5 nitrogen and oxygen atoms in total. The van der Waals surface area contributed by atoms with Crippen LogP contribution >= 0.6 is 0 Å². The Kier molecular flexibility index (Phi) is 3.27. The maximum absolute atomic E-state index is 12.9. The van der Waals surface area contributed by atoms with E-state index in [0.29, 0.717) is 12.3 Å². The number of hydrogen-bond acceptors (Lipinski definition) is 3. The molecule has 3 N–H and O–H groups in total. The van der Waals surface area contributed by atoms with Crippen molar-refractivity contribution < 1.29 is 14.7 Å². The average Bonchev–Trinajstić information content (AvgIpc) is 2.94. The van der Waals surface area contributed by atoms with Crippen LogP contribution in [-0.2, 0) is 9.59 Å². The van der Waals surface area contributed by atoms with Crippen LogP contribution in [0.25, 0.3) is 0 Å². The van der Waals surface area contributed by atoms with Crippen LogP contribution in [0.2, 0.25) is 0 Å². The van der Waals surface area contributed by atoms with Crippen LogP contribution in [-0.4, -0.2) is 39.5 Å². The number of carboxylic acids is 1. The summed E-state index contributed by atoms with van der Waals surface area (Å²) in [6.07, 6.45) is 5.97. The molecule has 2 aliphatic heterocycles. The predicted octanol–water partition coefficient (Wildman–Crippen LogP) is 1.36. The Balaban J connectivity index is 1.79. The molecule has 0 aromatic rings. The van der Waals surface area contributed by atoms with Crippen LogP contribution < -0.4 is 5.73 Å². The lowest BCUT2D eigenvalue weighted by Gasteiger charge is -2.39. The fourth-order valence-electron chi connectivity index (χ4n) is 4.61. The number of nitrogens with zero attached hydrogens (tertiary/aromatic N) is 1. The third-order valence-electron chi connectivity index (χ3n) is 5.55. The molecule has 1 aliphatic carbocycles. The molecule has 0 aromatic heterocycles. The molecule has 0 aromatic carbocycles. The van der Waals surface area contributed by atoms with E-state index < -0.39 is 11.5 Å². The minimum absolute atomic E-state index is 0.0142. The van der Waals surface area contributed by atoms with E-state index in [1.54, 1.807) is 0 Å². The summed E-state index contributed by atoms with van der Waals surface area (Å²) in [7, 11) is 0. The molecule has 1 saturated carbocycles. The van der Waals surface area contributed by atoms with Gasteiger partial charge in [-0.1, -0.05) is 19.8 Å². The normalized spacial score (nSPS) is 43.8. The summed E-state index contributed by atoms with van der Waals surface area (Å²) < 4.78 is 0. The Morgan fingerprint density at radius 3 is 2.65 bits per heavy atom. The van der Waals surface area contributed by atoms with Crippen molar-refractivity contribution in [3.63, 3.8) is 0 Å². The number of aliphatic carboxylic acids is 1.